The van der Waals surface area contributed by atoms with Crippen LogP contribution < -0.4 is 5.73 Å². The number of halogens is 1. The van der Waals surface area contributed by atoms with E-state index in [0.29, 0.717) is 0 Å². The van der Waals surface area contributed by atoms with Crippen LogP contribution in [0.2, 0.25) is 0 Å². The van der Waals surface area contributed by atoms with Crippen LogP contribution in [0.15, 0.2) is 18.2 Å². The van der Waals surface area contributed by atoms with Crippen LogP contribution in [0.5, 0.6) is 0 Å². The lowest BCUT2D eigenvalue weighted by Crippen LogP contribution is -2.09. The Morgan fingerprint density at radius 1 is 1.58 bits per heavy atom. The maximum atomic E-state index is 13.1. The highest BCUT2D eigenvalue weighted by Crippen LogP contribution is 2.15. The molecule has 1 atom stereocenters. The van der Waals surface area contributed by atoms with Gasteiger partial charge < -0.3 is 5.73 Å². The zero-order chi connectivity index (χ0) is 9.14. The molecule has 62 valence electrons. The third-order valence-electron chi connectivity index (χ3n) is 1.63. The first-order valence-corrected chi connectivity index (χ1v) is 3.56. The van der Waals surface area contributed by atoms with Crippen molar-refractivity contribution >= 4 is 0 Å². The van der Waals surface area contributed by atoms with Gasteiger partial charge in [-0.1, -0.05) is 12.1 Å². The number of nitrogens with two attached hydrogens (primary N) is 1. The SMILES string of the molecule is Cc1ccc(C(N)C#N)c(F)c1. The maximum absolute atomic E-state index is 13.1. The Bertz CT molecular complexity index is 328. The van der Waals surface area contributed by atoms with E-state index in [9.17, 15) is 4.39 Å². The highest BCUT2D eigenvalue weighted by atomic mass is 19.1. The molecule has 1 aromatic rings. The highest BCUT2D eigenvalue weighted by Gasteiger charge is 2.09. The summed E-state index contributed by atoms with van der Waals surface area (Å²) in [6.07, 6.45) is 0. The van der Waals surface area contributed by atoms with E-state index in [1.807, 2.05) is 0 Å². The summed E-state index contributed by atoms with van der Waals surface area (Å²) in [7, 11) is 0. The summed E-state index contributed by atoms with van der Waals surface area (Å²) in [4.78, 5) is 0. The second-order valence-corrected chi connectivity index (χ2v) is 2.63. The first-order valence-electron chi connectivity index (χ1n) is 3.56. The second-order valence-electron chi connectivity index (χ2n) is 2.63. The number of hydrogen-bond donors (Lipinski definition) is 1. The predicted octanol–water partition coefficient (Wildman–Crippen LogP) is 1.66. The molecule has 3 heteroatoms. The maximum Gasteiger partial charge on any atom is 0.129 e. The Hall–Kier alpha value is -1.40. The molecular weight excluding hydrogens is 155 g/mol. The van der Waals surface area contributed by atoms with E-state index in [-0.39, 0.29) is 5.56 Å². The minimum Gasteiger partial charge on any atom is -0.312 e. The van der Waals surface area contributed by atoms with Crippen LogP contribution in [0.25, 0.3) is 0 Å². The van der Waals surface area contributed by atoms with Crippen LogP contribution in [0.4, 0.5) is 4.39 Å². The van der Waals surface area contributed by atoms with Gasteiger partial charge in [-0.05, 0) is 18.6 Å². The molecule has 0 radical (unpaired) electrons. The average molecular weight is 164 g/mol. The molecule has 0 fully saturated rings. The average Bonchev–Trinajstić information content (AvgIpc) is 2.03. The fourth-order valence-corrected chi connectivity index (χ4v) is 0.954. The number of nitriles is 1. The summed E-state index contributed by atoms with van der Waals surface area (Å²) in [6, 6.07) is 5.55. The number of rotatable bonds is 1. The van der Waals surface area contributed by atoms with Crippen LogP contribution >= 0.6 is 0 Å². The standard InChI is InChI=1S/C9H9FN2/c1-6-2-3-7(8(10)4-6)9(12)5-11/h2-4,9H,12H2,1H3. The third kappa shape index (κ3) is 1.60. The largest absolute Gasteiger partial charge is 0.312 e. The summed E-state index contributed by atoms with van der Waals surface area (Å²) in [6.45, 7) is 1.78. The molecular formula is C9H9FN2. The van der Waals surface area contributed by atoms with E-state index in [1.165, 1.54) is 6.07 Å². The lowest BCUT2D eigenvalue weighted by Gasteiger charge is -2.04. The molecule has 2 nitrogen and oxygen atoms in total. The molecule has 1 rings (SSSR count). The first-order chi connectivity index (χ1) is 5.65. The van der Waals surface area contributed by atoms with Crippen molar-refractivity contribution in [2.24, 2.45) is 5.73 Å². The van der Waals surface area contributed by atoms with Crippen molar-refractivity contribution in [1.82, 2.24) is 0 Å². The van der Waals surface area contributed by atoms with Gasteiger partial charge in [0.1, 0.15) is 11.9 Å². The molecule has 0 amide bonds. The fourth-order valence-electron chi connectivity index (χ4n) is 0.954. The van der Waals surface area contributed by atoms with Gasteiger partial charge in [0.25, 0.3) is 0 Å². The minimum atomic E-state index is -0.870. The summed E-state index contributed by atoms with van der Waals surface area (Å²) >= 11 is 0. The summed E-state index contributed by atoms with van der Waals surface area (Å²) in [5, 5.41) is 8.44. The molecule has 1 unspecified atom stereocenters. The normalized spacial score (nSPS) is 12.2. The van der Waals surface area contributed by atoms with Crippen molar-refractivity contribution in [3.05, 3.63) is 35.1 Å². The molecule has 0 saturated carbocycles. The highest BCUT2D eigenvalue weighted by molar-refractivity contribution is 5.28. The van der Waals surface area contributed by atoms with Crippen molar-refractivity contribution < 1.29 is 4.39 Å². The third-order valence-corrected chi connectivity index (χ3v) is 1.63. The quantitative estimate of drug-likeness (QED) is 0.686. The predicted molar refractivity (Wildman–Crippen MR) is 43.7 cm³/mol. The Kier molecular flexibility index (Phi) is 2.41. The van der Waals surface area contributed by atoms with E-state index >= 15 is 0 Å². The van der Waals surface area contributed by atoms with Crippen molar-refractivity contribution in [2.75, 3.05) is 0 Å². The van der Waals surface area contributed by atoms with E-state index in [2.05, 4.69) is 0 Å². The lowest BCUT2D eigenvalue weighted by molar-refractivity contribution is 0.602. The Labute approximate surface area is 70.4 Å². The summed E-state index contributed by atoms with van der Waals surface area (Å²) < 4.78 is 13.1. The minimum absolute atomic E-state index is 0.253. The molecule has 12 heavy (non-hydrogen) atoms. The molecule has 0 saturated heterocycles. The van der Waals surface area contributed by atoms with E-state index in [1.54, 1.807) is 25.1 Å². The Balaban J connectivity index is 3.11. The van der Waals surface area contributed by atoms with Gasteiger partial charge in [-0.2, -0.15) is 5.26 Å². The van der Waals surface area contributed by atoms with Gasteiger partial charge >= 0.3 is 0 Å². The lowest BCUT2D eigenvalue weighted by atomic mass is 10.1. The molecule has 0 aliphatic carbocycles. The van der Waals surface area contributed by atoms with E-state index in [4.69, 9.17) is 11.0 Å². The molecule has 0 heterocycles. The van der Waals surface area contributed by atoms with Gasteiger partial charge in [0.2, 0.25) is 0 Å². The van der Waals surface area contributed by atoms with Crippen LogP contribution in [-0.4, -0.2) is 0 Å². The van der Waals surface area contributed by atoms with Crippen LogP contribution in [0.3, 0.4) is 0 Å². The molecule has 2 N–H and O–H groups in total. The summed E-state index contributed by atoms with van der Waals surface area (Å²) in [5.74, 6) is -0.413. The molecule has 0 bridgehead atoms. The van der Waals surface area contributed by atoms with Gasteiger partial charge in [-0.3, -0.25) is 0 Å². The molecule has 1 aromatic carbocycles. The zero-order valence-electron chi connectivity index (χ0n) is 6.71. The molecule has 0 aliphatic heterocycles. The number of nitrogens with zero attached hydrogens (tertiary/aromatic N) is 1. The van der Waals surface area contributed by atoms with Gasteiger partial charge in [0.05, 0.1) is 6.07 Å². The fraction of sp³-hybridized carbons (Fsp3) is 0.222. The number of aryl methyl sites for hydroxylation is 1. The van der Waals surface area contributed by atoms with E-state index < -0.39 is 11.9 Å². The van der Waals surface area contributed by atoms with Crippen molar-refractivity contribution in [3.8, 4) is 6.07 Å². The van der Waals surface area contributed by atoms with E-state index in [0.717, 1.165) is 5.56 Å². The monoisotopic (exact) mass is 164 g/mol. The van der Waals surface area contributed by atoms with Crippen molar-refractivity contribution in [2.45, 2.75) is 13.0 Å². The van der Waals surface area contributed by atoms with Gasteiger partial charge in [-0.25, -0.2) is 4.39 Å². The Morgan fingerprint density at radius 3 is 2.75 bits per heavy atom. The molecule has 0 aromatic heterocycles. The van der Waals surface area contributed by atoms with Crippen molar-refractivity contribution in [1.29, 1.82) is 5.26 Å². The second kappa shape index (κ2) is 3.33. The topological polar surface area (TPSA) is 49.8 Å². The molecule has 0 aliphatic rings. The zero-order valence-corrected chi connectivity index (χ0v) is 6.71. The van der Waals surface area contributed by atoms with Crippen LogP contribution in [0, 0.1) is 24.1 Å². The van der Waals surface area contributed by atoms with Gasteiger partial charge in [-0.15, -0.1) is 0 Å². The molecule has 0 spiro atoms. The first kappa shape index (κ1) is 8.69. The van der Waals surface area contributed by atoms with Crippen LogP contribution in [-0.2, 0) is 0 Å². The number of benzene rings is 1. The van der Waals surface area contributed by atoms with Crippen LogP contribution in [0.1, 0.15) is 17.2 Å². The van der Waals surface area contributed by atoms with Gasteiger partial charge in [0, 0.05) is 5.56 Å². The smallest absolute Gasteiger partial charge is 0.129 e. The Morgan fingerprint density at radius 2 is 2.25 bits per heavy atom. The van der Waals surface area contributed by atoms with Gasteiger partial charge in [0.15, 0.2) is 0 Å². The summed E-state index contributed by atoms with van der Waals surface area (Å²) in [5.41, 5.74) is 6.42. The van der Waals surface area contributed by atoms with Crippen molar-refractivity contribution in [3.63, 3.8) is 0 Å². The number of hydrogen-bond acceptors (Lipinski definition) is 2.